The molecule has 1 aromatic carbocycles. The number of cyclic esters (lactones) is 1. The summed E-state index contributed by atoms with van der Waals surface area (Å²) in [4.78, 5) is 43.1. The third-order valence-corrected chi connectivity index (χ3v) is 6.29. The molecule has 2 saturated heterocycles. The number of ether oxygens (including phenoxy) is 1. The second-order valence-corrected chi connectivity index (χ2v) is 8.83. The summed E-state index contributed by atoms with van der Waals surface area (Å²) in [5, 5.41) is 17.8. The van der Waals surface area contributed by atoms with E-state index >= 15 is 4.39 Å². The summed E-state index contributed by atoms with van der Waals surface area (Å²) in [7, 11) is 0. The van der Waals surface area contributed by atoms with E-state index in [1.165, 1.54) is 34.2 Å². The van der Waals surface area contributed by atoms with Gasteiger partial charge in [0, 0.05) is 31.9 Å². The van der Waals surface area contributed by atoms with Crippen molar-refractivity contribution in [1.29, 1.82) is 0 Å². The minimum Gasteiger partial charge on any atom is -0.442 e. The zero-order valence-corrected chi connectivity index (χ0v) is 19.8. The Labute approximate surface area is 204 Å². The lowest BCUT2D eigenvalue weighted by Crippen LogP contribution is -2.46. The minimum atomic E-state index is -0.598. The number of aromatic nitrogens is 1. The number of aliphatic hydroxyl groups excluding tert-OH is 1. The summed E-state index contributed by atoms with van der Waals surface area (Å²) in [5.74, 6) is -0.727. The summed E-state index contributed by atoms with van der Waals surface area (Å²) >= 11 is 1.21. The minimum absolute atomic E-state index is 0.189. The monoisotopic (exact) mass is 507 g/mol. The van der Waals surface area contributed by atoms with Crippen molar-refractivity contribution >= 4 is 45.9 Å². The van der Waals surface area contributed by atoms with Crippen molar-refractivity contribution in [2.75, 3.05) is 54.4 Å². The maximum atomic E-state index is 15.1. The number of nitrogens with zero attached hydrogens (tertiary/aromatic N) is 4. The molecular formula is C21H26FN7O5S. The fraction of sp³-hybridized carbons (Fsp3) is 0.429. The number of hydrazine groups is 1. The smallest absolute Gasteiger partial charge is 0.414 e. The first-order valence-electron chi connectivity index (χ1n) is 11.0. The molecule has 2 aliphatic rings. The number of benzene rings is 1. The van der Waals surface area contributed by atoms with Crippen LogP contribution in [0.2, 0.25) is 0 Å². The number of carbonyl (C=O) groups is 3. The first-order valence-corrected chi connectivity index (χ1v) is 11.9. The molecule has 0 saturated carbocycles. The molecule has 2 fully saturated rings. The Balaban J connectivity index is 1.36. The van der Waals surface area contributed by atoms with E-state index in [2.05, 4.69) is 21.0 Å². The van der Waals surface area contributed by atoms with Crippen molar-refractivity contribution in [2.45, 2.75) is 19.6 Å². The van der Waals surface area contributed by atoms with E-state index in [9.17, 15) is 14.4 Å². The molecule has 3 heterocycles. The standard InChI is InChI=1S/C21H26FN7O5S/c1-13(31)23-9-16-10-28(21(33)34-16)15-2-3-18(17(22)8-15)27-5-4-24-29(7-6-27)20(32)26-19-25-14(11-30)12-35-19/h2-3,8,12,16,24,30H,4-7,9-11H2,1H3,(H,23,31)(H,25,26,32)/t16-/m0/s1. The van der Waals surface area contributed by atoms with Gasteiger partial charge in [-0.3, -0.25) is 20.0 Å². The summed E-state index contributed by atoms with van der Waals surface area (Å²) in [6.07, 6.45) is -1.11. The maximum absolute atomic E-state index is 15.1. The highest BCUT2D eigenvalue weighted by Crippen LogP contribution is 2.28. The molecule has 2 aromatic rings. The lowest BCUT2D eigenvalue weighted by Gasteiger charge is -2.24. The van der Waals surface area contributed by atoms with Crippen LogP contribution in [0.1, 0.15) is 12.6 Å². The number of hydrogen-bond donors (Lipinski definition) is 4. The Kier molecular flexibility index (Phi) is 7.63. The number of thiazole rings is 1. The number of aliphatic hydroxyl groups is 1. The molecule has 0 aliphatic carbocycles. The lowest BCUT2D eigenvalue weighted by molar-refractivity contribution is -0.119. The van der Waals surface area contributed by atoms with E-state index in [1.807, 2.05) is 4.90 Å². The van der Waals surface area contributed by atoms with E-state index in [4.69, 9.17) is 9.84 Å². The van der Waals surface area contributed by atoms with Crippen LogP contribution >= 0.6 is 11.3 Å². The van der Waals surface area contributed by atoms with Crippen LogP contribution in [0.3, 0.4) is 0 Å². The summed E-state index contributed by atoms with van der Waals surface area (Å²) < 4.78 is 20.3. The first-order chi connectivity index (χ1) is 16.8. The molecule has 0 radical (unpaired) electrons. The molecule has 12 nitrogen and oxygen atoms in total. The van der Waals surface area contributed by atoms with Crippen LogP contribution in [-0.4, -0.2) is 78.5 Å². The Morgan fingerprint density at radius 3 is 2.89 bits per heavy atom. The third kappa shape index (κ3) is 5.96. The van der Waals surface area contributed by atoms with Gasteiger partial charge in [-0.25, -0.2) is 24.4 Å². The largest absolute Gasteiger partial charge is 0.442 e. The first kappa shape index (κ1) is 24.6. The average Bonchev–Trinajstić information content (AvgIpc) is 3.35. The molecule has 0 spiro atoms. The molecule has 35 heavy (non-hydrogen) atoms. The number of urea groups is 1. The molecule has 4 rings (SSSR count). The van der Waals surface area contributed by atoms with Crippen LogP contribution in [0, 0.1) is 5.82 Å². The predicted molar refractivity (Wildman–Crippen MR) is 127 cm³/mol. The van der Waals surface area contributed by atoms with Gasteiger partial charge < -0.3 is 20.1 Å². The Morgan fingerprint density at radius 1 is 1.34 bits per heavy atom. The van der Waals surface area contributed by atoms with Gasteiger partial charge in [0.05, 0.1) is 43.3 Å². The fourth-order valence-electron chi connectivity index (χ4n) is 3.76. The second kappa shape index (κ2) is 10.8. The van der Waals surface area contributed by atoms with Gasteiger partial charge in [0.2, 0.25) is 5.91 Å². The van der Waals surface area contributed by atoms with Crippen molar-refractivity contribution in [1.82, 2.24) is 20.7 Å². The molecule has 0 bridgehead atoms. The number of nitrogens with one attached hydrogen (secondary N) is 3. The summed E-state index contributed by atoms with van der Waals surface area (Å²) in [6.45, 7) is 3.08. The van der Waals surface area contributed by atoms with Gasteiger partial charge in [-0.05, 0) is 18.2 Å². The van der Waals surface area contributed by atoms with Crippen molar-refractivity contribution in [3.63, 3.8) is 0 Å². The predicted octanol–water partition coefficient (Wildman–Crippen LogP) is 1.09. The summed E-state index contributed by atoms with van der Waals surface area (Å²) in [6, 6.07) is 4.12. The van der Waals surface area contributed by atoms with Gasteiger partial charge in [0.15, 0.2) is 5.13 Å². The van der Waals surface area contributed by atoms with E-state index in [1.54, 1.807) is 17.5 Å². The van der Waals surface area contributed by atoms with Crippen LogP contribution in [0.5, 0.6) is 0 Å². The van der Waals surface area contributed by atoms with Crippen LogP contribution < -0.4 is 25.9 Å². The molecule has 4 amide bonds. The Bertz CT molecular complexity index is 1100. The van der Waals surface area contributed by atoms with Gasteiger partial charge in [0.1, 0.15) is 11.9 Å². The molecule has 2 aliphatic heterocycles. The second-order valence-electron chi connectivity index (χ2n) is 7.97. The van der Waals surface area contributed by atoms with Crippen LogP contribution in [0.15, 0.2) is 23.6 Å². The van der Waals surface area contributed by atoms with Crippen molar-refractivity contribution in [3.8, 4) is 0 Å². The molecule has 1 atom stereocenters. The van der Waals surface area contributed by atoms with E-state index in [0.717, 1.165) is 0 Å². The zero-order valence-electron chi connectivity index (χ0n) is 19.0. The lowest BCUT2D eigenvalue weighted by atomic mass is 10.2. The number of carbonyl (C=O) groups excluding carboxylic acids is 3. The SMILES string of the molecule is CC(=O)NC[C@H]1CN(c2ccc(N3CCNN(C(=O)Nc4nc(CO)cs4)CC3)c(F)c2)C(=O)O1. The third-order valence-electron chi connectivity index (χ3n) is 5.49. The van der Waals surface area contributed by atoms with Gasteiger partial charge in [-0.1, -0.05) is 0 Å². The van der Waals surface area contributed by atoms with Crippen molar-refractivity contribution in [2.24, 2.45) is 0 Å². The highest BCUT2D eigenvalue weighted by molar-refractivity contribution is 7.13. The van der Waals surface area contributed by atoms with Crippen molar-refractivity contribution in [3.05, 3.63) is 35.1 Å². The van der Waals surface area contributed by atoms with Crippen molar-refractivity contribution < 1.29 is 28.6 Å². The topological polar surface area (TPSA) is 139 Å². The highest BCUT2D eigenvalue weighted by Gasteiger charge is 2.33. The van der Waals surface area contributed by atoms with E-state index in [-0.39, 0.29) is 32.1 Å². The number of amides is 4. The number of halogens is 1. The number of anilines is 3. The molecular weight excluding hydrogens is 481 g/mol. The van der Waals surface area contributed by atoms with E-state index < -0.39 is 24.0 Å². The molecule has 4 N–H and O–H groups in total. The summed E-state index contributed by atoms with van der Waals surface area (Å²) in [5.41, 5.74) is 4.21. The molecule has 0 unspecified atom stereocenters. The Morgan fingerprint density at radius 2 is 2.17 bits per heavy atom. The molecule has 188 valence electrons. The number of rotatable bonds is 6. The van der Waals surface area contributed by atoms with Gasteiger partial charge >= 0.3 is 12.1 Å². The molecule has 1 aromatic heterocycles. The van der Waals surface area contributed by atoms with Crippen LogP contribution in [0.25, 0.3) is 0 Å². The normalized spacial score (nSPS) is 18.3. The average molecular weight is 508 g/mol. The van der Waals surface area contributed by atoms with Gasteiger partial charge in [-0.15, -0.1) is 11.3 Å². The fourth-order valence-corrected chi connectivity index (χ4v) is 4.45. The quantitative estimate of drug-likeness (QED) is 0.456. The van der Waals surface area contributed by atoms with Gasteiger partial charge in [-0.2, -0.15) is 0 Å². The van der Waals surface area contributed by atoms with Crippen LogP contribution in [-0.2, 0) is 16.1 Å². The number of hydrogen-bond acceptors (Lipinski definition) is 9. The zero-order chi connectivity index (χ0) is 24.9. The molecule has 14 heteroatoms. The van der Waals surface area contributed by atoms with E-state index in [0.29, 0.717) is 41.8 Å². The van der Waals surface area contributed by atoms with Crippen LogP contribution in [0.4, 0.5) is 30.5 Å². The Hall–Kier alpha value is -3.49. The van der Waals surface area contributed by atoms with Gasteiger partial charge in [0.25, 0.3) is 0 Å². The highest BCUT2D eigenvalue weighted by atomic mass is 32.1. The maximum Gasteiger partial charge on any atom is 0.414 e.